The van der Waals surface area contributed by atoms with E-state index in [9.17, 15) is 14.2 Å². The Morgan fingerprint density at radius 3 is 1.65 bits per heavy atom. The average molecular weight is 467 g/mol. The second kappa shape index (κ2) is 19.7. The zero-order valence-corrected chi connectivity index (χ0v) is 20.3. The minimum absolute atomic E-state index is 0.214. The van der Waals surface area contributed by atoms with Crippen LogP contribution in [0.2, 0.25) is 0 Å². The molecule has 0 saturated carbocycles. The van der Waals surface area contributed by atoms with Crippen molar-refractivity contribution in [2.45, 2.75) is 116 Å². The Labute approximate surface area is 187 Å². The maximum atomic E-state index is 12.0. The van der Waals surface area contributed by atoms with E-state index < -0.39 is 32.5 Å². The standard InChI is InChI=1S/C22H43O8P/c1-3-5-7-9-11-13-15-17-22(24)30-20(19-29-31(25,26)27)18-28-21(23)16-14-12-10-8-6-4-2/h20H,3-19H2,1-2H3,(H2,25,26,27)/t20-/m1/s1. The Morgan fingerprint density at radius 1 is 0.710 bits per heavy atom. The van der Waals surface area contributed by atoms with Gasteiger partial charge >= 0.3 is 19.8 Å². The zero-order chi connectivity index (χ0) is 23.4. The number of ether oxygens (including phenoxy) is 2. The lowest BCUT2D eigenvalue weighted by atomic mass is 10.1. The summed E-state index contributed by atoms with van der Waals surface area (Å²) in [5.74, 6) is -0.903. The second-order valence-electron chi connectivity index (χ2n) is 7.97. The fourth-order valence-corrected chi connectivity index (χ4v) is 3.44. The van der Waals surface area contributed by atoms with Crippen LogP contribution in [0.15, 0.2) is 0 Å². The van der Waals surface area contributed by atoms with Crippen molar-refractivity contribution in [3.05, 3.63) is 0 Å². The van der Waals surface area contributed by atoms with Crippen molar-refractivity contribution in [2.24, 2.45) is 0 Å². The van der Waals surface area contributed by atoms with Crippen LogP contribution in [-0.4, -0.2) is 41.0 Å². The summed E-state index contributed by atoms with van der Waals surface area (Å²) in [5.41, 5.74) is 0. The Kier molecular flexibility index (Phi) is 19.1. The summed E-state index contributed by atoms with van der Waals surface area (Å²) in [6.07, 6.45) is 13.1. The van der Waals surface area contributed by atoms with Gasteiger partial charge in [0.2, 0.25) is 0 Å². The topological polar surface area (TPSA) is 119 Å². The number of unbranched alkanes of at least 4 members (excludes halogenated alkanes) is 11. The van der Waals surface area contributed by atoms with E-state index in [0.717, 1.165) is 51.4 Å². The number of phosphoric ester groups is 1. The third kappa shape index (κ3) is 22.0. The van der Waals surface area contributed by atoms with Crippen molar-refractivity contribution in [3.63, 3.8) is 0 Å². The third-order valence-corrected chi connectivity index (χ3v) is 5.36. The molecule has 184 valence electrons. The Balaban J connectivity index is 4.19. The molecule has 0 aromatic carbocycles. The highest BCUT2D eigenvalue weighted by Gasteiger charge is 2.22. The molecule has 0 radical (unpaired) electrons. The number of carbonyl (C=O) groups excluding carboxylic acids is 2. The molecule has 31 heavy (non-hydrogen) atoms. The van der Waals surface area contributed by atoms with E-state index in [-0.39, 0.29) is 19.4 Å². The molecule has 2 N–H and O–H groups in total. The Morgan fingerprint density at radius 2 is 1.16 bits per heavy atom. The van der Waals surface area contributed by atoms with Gasteiger partial charge in [0.25, 0.3) is 0 Å². The summed E-state index contributed by atoms with van der Waals surface area (Å²) in [6.45, 7) is 3.49. The highest BCUT2D eigenvalue weighted by atomic mass is 31.2. The normalized spacial score (nSPS) is 12.5. The van der Waals surface area contributed by atoms with Crippen LogP contribution in [0.25, 0.3) is 0 Å². The smallest absolute Gasteiger partial charge is 0.462 e. The van der Waals surface area contributed by atoms with E-state index in [1.807, 2.05) is 0 Å². The van der Waals surface area contributed by atoms with Gasteiger partial charge in [0.05, 0.1) is 6.61 Å². The molecule has 0 fully saturated rings. The minimum atomic E-state index is -4.71. The molecule has 1 atom stereocenters. The molecule has 0 amide bonds. The van der Waals surface area contributed by atoms with Gasteiger partial charge in [0.15, 0.2) is 6.10 Å². The molecule has 0 aromatic heterocycles. The van der Waals surface area contributed by atoms with Gasteiger partial charge in [-0.05, 0) is 12.8 Å². The summed E-state index contributed by atoms with van der Waals surface area (Å²) in [4.78, 5) is 41.7. The van der Waals surface area contributed by atoms with Crippen LogP contribution in [0.1, 0.15) is 110 Å². The number of hydrogen-bond donors (Lipinski definition) is 2. The van der Waals surface area contributed by atoms with Gasteiger partial charge in [-0.3, -0.25) is 14.1 Å². The summed E-state index contributed by atoms with van der Waals surface area (Å²) < 4.78 is 25.7. The first-order chi connectivity index (χ1) is 14.8. The molecule has 0 aliphatic rings. The average Bonchev–Trinajstić information content (AvgIpc) is 2.71. The number of rotatable bonds is 21. The van der Waals surface area contributed by atoms with Crippen LogP contribution in [0.3, 0.4) is 0 Å². The van der Waals surface area contributed by atoms with Crippen LogP contribution < -0.4 is 0 Å². The third-order valence-electron chi connectivity index (χ3n) is 4.88. The Hall–Kier alpha value is -0.950. The summed E-state index contributed by atoms with van der Waals surface area (Å²) in [7, 11) is -4.71. The first kappa shape index (κ1) is 30.0. The lowest BCUT2D eigenvalue weighted by Crippen LogP contribution is -2.29. The Bertz CT molecular complexity index is 506. The van der Waals surface area contributed by atoms with Crippen LogP contribution in [0, 0.1) is 0 Å². The quantitative estimate of drug-likeness (QED) is 0.130. The SMILES string of the molecule is CCCCCCCCCC(=O)O[C@H](COC(=O)CCCCCCCC)COP(=O)(O)O. The van der Waals surface area contributed by atoms with Crippen molar-refractivity contribution in [3.8, 4) is 0 Å². The number of hydrogen-bond acceptors (Lipinski definition) is 6. The molecule has 0 aliphatic carbocycles. The van der Waals surface area contributed by atoms with Gasteiger partial charge in [-0.15, -0.1) is 0 Å². The van der Waals surface area contributed by atoms with Crippen molar-refractivity contribution in [1.82, 2.24) is 0 Å². The largest absolute Gasteiger partial charge is 0.469 e. The summed E-state index contributed by atoms with van der Waals surface area (Å²) >= 11 is 0. The van der Waals surface area contributed by atoms with Gasteiger partial charge in [0.1, 0.15) is 6.61 Å². The summed E-state index contributed by atoms with van der Waals surface area (Å²) in [5, 5.41) is 0. The highest BCUT2D eigenvalue weighted by molar-refractivity contribution is 7.46. The second-order valence-corrected chi connectivity index (χ2v) is 9.21. The lowest BCUT2D eigenvalue weighted by molar-refractivity contribution is -0.161. The molecule has 0 aromatic rings. The molecule has 0 bridgehead atoms. The van der Waals surface area contributed by atoms with E-state index >= 15 is 0 Å². The van der Waals surface area contributed by atoms with Crippen LogP contribution in [0.4, 0.5) is 0 Å². The maximum Gasteiger partial charge on any atom is 0.469 e. The van der Waals surface area contributed by atoms with E-state index in [1.54, 1.807) is 0 Å². The van der Waals surface area contributed by atoms with Crippen LogP contribution in [-0.2, 0) is 28.2 Å². The first-order valence-electron chi connectivity index (χ1n) is 11.8. The van der Waals surface area contributed by atoms with Crippen LogP contribution >= 0.6 is 7.82 Å². The molecule has 0 rings (SSSR count). The number of phosphoric acid groups is 1. The summed E-state index contributed by atoms with van der Waals surface area (Å²) in [6, 6.07) is 0. The molecule has 0 spiro atoms. The van der Waals surface area contributed by atoms with E-state index in [2.05, 4.69) is 18.4 Å². The molecular formula is C22H43O8P. The molecule has 0 unspecified atom stereocenters. The van der Waals surface area contributed by atoms with E-state index in [4.69, 9.17) is 19.3 Å². The molecule has 8 nitrogen and oxygen atoms in total. The minimum Gasteiger partial charge on any atom is -0.462 e. The molecule has 9 heteroatoms. The zero-order valence-electron chi connectivity index (χ0n) is 19.4. The molecule has 0 saturated heterocycles. The van der Waals surface area contributed by atoms with Gasteiger partial charge in [-0.1, -0.05) is 84.5 Å². The number of esters is 2. The van der Waals surface area contributed by atoms with Crippen molar-refractivity contribution >= 4 is 19.8 Å². The monoisotopic (exact) mass is 466 g/mol. The van der Waals surface area contributed by atoms with Gasteiger partial charge in [-0.2, -0.15) is 0 Å². The van der Waals surface area contributed by atoms with Crippen molar-refractivity contribution in [1.29, 1.82) is 0 Å². The maximum absolute atomic E-state index is 12.0. The predicted octanol–water partition coefficient (Wildman–Crippen LogP) is 5.44. The van der Waals surface area contributed by atoms with Gasteiger partial charge in [-0.25, -0.2) is 4.57 Å². The van der Waals surface area contributed by atoms with E-state index in [1.165, 1.54) is 25.7 Å². The molecule has 0 aliphatic heterocycles. The first-order valence-corrected chi connectivity index (χ1v) is 13.4. The lowest BCUT2D eigenvalue weighted by Gasteiger charge is -2.18. The predicted molar refractivity (Wildman–Crippen MR) is 119 cm³/mol. The van der Waals surface area contributed by atoms with Crippen molar-refractivity contribution in [2.75, 3.05) is 13.2 Å². The number of carbonyl (C=O) groups is 2. The van der Waals surface area contributed by atoms with Gasteiger partial charge in [0, 0.05) is 12.8 Å². The fourth-order valence-electron chi connectivity index (χ4n) is 3.08. The van der Waals surface area contributed by atoms with Crippen LogP contribution in [0.5, 0.6) is 0 Å². The molecule has 0 heterocycles. The van der Waals surface area contributed by atoms with E-state index in [0.29, 0.717) is 6.42 Å². The fraction of sp³-hybridized carbons (Fsp3) is 0.909. The molecular weight excluding hydrogens is 423 g/mol. The van der Waals surface area contributed by atoms with Crippen molar-refractivity contribution < 1.29 is 37.9 Å². The highest BCUT2D eigenvalue weighted by Crippen LogP contribution is 2.35. The van der Waals surface area contributed by atoms with Gasteiger partial charge < -0.3 is 19.3 Å².